The molecule has 1 heterocycles. The molecule has 0 aliphatic carbocycles. The Labute approximate surface area is 155 Å². The molecular weight excluding hydrogens is 376 g/mol. The molecule has 4 heteroatoms. The number of fused-ring (bicyclic) bond motifs is 1. The summed E-state index contributed by atoms with van der Waals surface area (Å²) < 4.78 is 8.36. The van der Waals surface area contributed by atoms with E-state index in [-0.39, 0.29) is 0 Å². The van der Waals surface area contributed by atoms with Gasteiger partial charge in [0, 0.05) is 15.4 Å². The Hall–Kier alpha value is -2.59. The van der Waals surface area contributed by atoms with Crippen LogP contribution in [0.15, 0.2) is 77.3 Å². The number of aromatic nitrogens is 2. The fourth-order valence-electron chi connectivity index (χ4n) is 2.99. The fourth-order valence-corrected chi connectivity index (χ4v) is 3.35. The van der Waals surface area contributed by atoms with E-state index >= 15 is 0 Å². The third-order valence-electron chi connectivity index (χ3n) is 4.25. The van der Waals surface area contributed by atoms with E-state index in [1.807, 2.05) is 30.3 Å². The Morgan fingerprint density at radius 3 is 2.44 bits per heavy atom. The molecule has 0 fully saturated rings. The lowest BCUT2D eigenvalue weighted by Crippen LogP contribution is -2.01. The topological polar surface area (TPSA) is 27.1 Å². The zero-order valence-electron chi connectivity index (χ0n) is 13.8. The molecule has 0 bridgehead atoms. The van der Waals surface area contributed by atoms with Gasteiger partial charge in [0.05, 0.1) is 19.2 Å². The Kier molecular flexibility index (Phi) is 4.28. The van der Waals surface area contributed by atoms with Crippen molar-refractivity contribution >= 4 is 26.8 Å². The summed E-state index contributed by atoms with van der Waals surface area (Å²) in [4.78, 5) is 0. The van der Waals surface area contributed by atoms with E-state index in [9.17, 15) is 0 Å². The first-order valence-corrected chi connectivity index (χ1v) is 8.88. The van der Waals surface area contributed by atoms with Crippen molar-refractivity contribution in [2.75, 3.05) is 7.11 Å². The molecular formula is C21H17BrN2O. The monoisotopic (exact) mass is 392 g/mol. The van der Waals surface area contributed by atoms with Gasteiger partial charge >= 0.3 is 0 Å². The van der Waals surface area contributed by atoms with Crippen molar-refractivity contribution in [3.8, 4) is 17.0 Å². The molecule has 124 valence electrons. The van der Waals surface area contributed by atoms with Gasteiger partial charge < -0.3 is 4.74 Å². The van der Waals surface area contributed by atoms with Crippen molar-refractivity contribution in [2.45, 2.75) is 6.54 Å². The van der Waals surface area contributed by atoms with Crippen LogP contribution in [0.4, 0.5) is 0 Å². The minimum atomic E-state index is 0.717. The average molecular weight is 393 g/mol. The summed E-state index contributed by atoms with van der Waals surface area (Å²) in [5, 5.41) is 6.05. The lowest BCUT2D eigenvalue weighted by molar-refractivity contribution is 0.414. The molecule has 3 nitrogen and oxygen atoms in total. The molecule has 0 aliphatic heterocycles. The molecule has 25 heavy (non-hydrogen) atoms. The predicted octanol–water partition coefficient (Wildman–Crippen LogP) is 5.52. The third-order valence-corrected chi connectivity index (χ3v) is 4.74. The highest BCUT2D eigenvalue weighted by Gasteiger charge is 2.13. The van der Waals surface area contributed by atoms with Crippen LogP contribution in [0.2, 0.25) is 0 Å². The number of nitrogens with zero attached hydrogens (tertiary/aromatic N) is 2. The van der Waals surface area contributed by atoms with E-state index in [1.165, 1.54) is 5.56 Å². The van der Waals surface area contributed by atoms with E-state index in [2.05, 4.69) is 63.1 Å². The molecule has 0 N–H and O–H groups in total. The minimum Gasteiger partial charge on any atom is -0.497 e. The van der Waals surface area contributed by atoms with Crippen LogP contribution in [0.5, 0.6) is 5.75 Å². The summed E-state index contributed by atoms with van der Waals surface area (Å²) in [6.07, 6.45) is 0. The Morgan fingerprint density at radius 2 is 1.72 bits per heavy atom. The first-order chi connectivity index (χ1) is 12.2. The van der Waals surface area contributed by atoms with Gasteiger partial charge in [-0.15, -0.1) is 0 Å². The van der Waals surface area contributed by atoms with E-state index in [1.54, 1.807) is 7.11 Å². The minimum absolute atomic E-state index is 0.717. The fraction of sp³-hybridized carbons (Fsp3) is 0.0952. The van der Waals surface area contributed by atoms with Crippen LogP contribution in [-0.2, 0) is 6.54 Å². The Morgan fingerprint density at radius 1 is 0.960 bits per heavy atom. The van der Waals surface area contributed by atoms with Crippen LogP contribution >= 0.6 is 15.9 Å². The highest BCUT2D eigenvalue weighted by Crippen LogP contribution is 2.30. The van der Waals surface area contributed by atoms with Crippen LogP contribution in [0, 0.1) is 0 Å². The van der Waals surface area contributed by atoms with Crippen molar-refractivity contribution < 1.29 is 4.74 Å². The summed E-state index contributed by atoms with van der Waals surface area (Å²) in [6, 6.07) is 24.7. The van der Waals surface area contributed by atoms with Gasteiger partial charge in [0.2, 0.25) is 0 Å². The molecule has 0 atom stereocenters. The molecule has 1 aromatic heterocycles. The van der Waals surface area contributed by atoms with E-state index in [0.29, 0.717) is 0 Å². The average Bonchev–Trinajstić information content (AvgIpc) is 3.00. The first-order valence-electron chi connectivity index (χ1n) is 8.09. The Balaban J connectivity index is 1.81. The smallest absolute Gasteiger partial charge is 0.118 e. The van der Waals surface area contributed by atoms with Gasteiger partial charge in [-0.3, -0.25) is 4.68 Å². The number of benzene rings is 3. The highest BCUT2D eigenvalue weighted by atomic mass is 79.9. The van der Waals surface area contributed by atoms with Crippen molar-refractivity contribution in [3.63, 3.8) is 0 Å². The second-order valence-electron chi connectivity index (χ2n) is 5.88. The second kappa shape index (κ2) is 6.73. The largest absolute Gasteiger partial charge is 0.497 e. The lowest BCUT2D eigenvalue weighted by Gasteiger charge is -2.05. The van der Waals surface area contributed by atoms with Gasteiger partial charge in [-0.25, -0.2) is 0 Å². The molecule has 0 saturated heterocycles. The van der Waals surface area contributed by atoms with Crippen molar-refractivity contribution in [1.29, 1.82) is 0 Å². The van der Waals surface area contributed by atoms with Crippen molar-refractivity contribution in [1.82, 2.24) is 9.78 Å². The van der Waals surface area contributed by atoms with Crippen molar-refractivity contribution in [2.24, 2.45) is 0 Å². The second-order valence-corrected chi connectivity index (χ2v) is 6.80. The molecule has 0 aliphatic rings. The summed E-state index contributed by atoms with van der Waals surface area (Å²) in [6.45, 7) is 0.717. The van der Waals surface area contributed by atoms with Gasteiger partial charge in [-0.1, -0.05) is 58.4 Å². The summed E-state index contributed by atoms with van der Waals surface area (Å²) in [7, 11) is 1.68. The van der Waals surface area contributed by atoms with Crippen LogP contribution in [0.25, 0.3) is 22.2 Å². The van der Waals surface area contributed by atoms with Crippen LogP contribution in [-0.4, -0.2) is 16.9 Å². The quantitative estimate of drug-likeness (QED) is 0.456. The maximum Gasteiger partial charge on any atom is 0.118 e. The van der Waals surface area contributed by atoms with Crippen LogP contribution in [0.1, 0.15) is 5.56 Å². The zero-order chi connectivity index (χ0) is 17.2. The first kappa shape index (κ1) is 15.9. The van der Waals surface area contributed by atoms with E-state index < -0.39 is 0 Å². The van der Waals surface area contributed by atoms with Gasteiger partial charge in [-0.2, -0.15) is 5.10 Å². The van der Waals surface area contributed by atoms with Gasteiger partial charge in [-0.05, 0) is 35.9 Å². The molecule has 4 rings (SSSR count). The number of ether oxygens (including phenoxy) is 1. The van der Waals surface area contributed by atoms with Gasteiger partial charge in [0.15, 0.2) is 0 Å². The Bertz CT molecular complexity index is 1010. The molecule has 0 unspecified atom stereocenters. The van der Waals surface area contributed by atoms with Crippen LogP contribution < -0.4 is 4.74 Å². The van der Waals surface area contributed by atoms with Crippen molar-refractivity contribution in [3.05, 3.63) is 82.8 Å². The SMILES string of the molecule is COc1ccc(Cn2nc(-c3ccccc3)c3cc(Br)ccc32)cc1. The normalized spacial score (nSPS) is 11.0. The summed E-state index contributed by atoms with van der Waals surface area (Å²) >= 11 is 3.58. The summed E-state index contributed by atoms with van der Waals surface area (Å²) in [5.74, 6) is 0.864. The van der Waals surface area contributed by atoms with E-state index in [0.717, 1.165) is 38.9 Å². The standard InChI is InChI=1S/C21H17BrN2O/c1-25-18-10-7-15(8-11-18)14-24-20-12-9-17(22)13-19(20)21(23-24)16-5-3-2-4-6-16/h2-13H,14H2,1H3. The molecule has 0 saturated carbocycles. The molecule has 0 radical (unpaired) electrons. The maximum absolute atomic E-state index is 5.24. The number of hydrogen-bond acceptors (Lipinski definition) is 2. The van der Waals surface area contributed by atoms with Crippen LogP contribution in [0.3, 0.4) is 0 Å². The molecule has 3 aromatic carbocycles. The summed E-state index contributed by atoms with van der Waals surface area (Å²) in [5.41, 5.74) is 4.44. The molecule has 4 aromatic rings. The highest BCUT2D eigenvalue weighted by molar-refractivity contribution is 9.10. The van der Waals surface area contributed by atoms with Gasteiger partial charge in [0.25, 0.3) is 0 Å². The number of methoxy groups -OCH3 is 1. The molecule has 0 amide bonds. The number of hydrogen-bond donors (Lipinski definition) is 0. The zero-order valence-corrected chi connectivity index (χ0v) is 15.4. The maximum atomic E-state index is 5.24. The number of halogens is 1. The number of rotatable bonds is 4. The third kappa shape index (κ3) is 3.17. The predicted molar refractivity (Wildman–Crippen MR) is 105 cm³/mol. The lowest BCUT2D eigenvalue weighted by atomic mass is 10.1. The molecule has 0 spiro atoms. The van der Waals surface area contributed by atoms with E-state index in [4.69, 9.17) is 9.84 Å². The van der Waals surface area contributed by atoms with Gasteiger partial charge in [0.1, 0.15) is 11.4 Å².